The van der Waals surface area contributed by atoms with Gasteiger partial charge in [0.1, 0.15) is 0 Å². The summed E-state index contributed by atoms with van der Waals surface area (Å²) in [5.74, 6) is -0.0377. The van der Waals surface area contributed by atoms with E-state index < -0.39 is 9.84 Å². The summed E-state index contributed by atoms with van der Waals surface area (Å²) in [7, 11) is -3.27. The first-order chi connectivity index (χ1) is 6.02. The molecular formula is C9H11NO2S. The molecule has 0 atom stereocenters. The van der Waals surface area contributed by atoms with Crippen LogP contribution in [-0.4, -0.2) is 19.2 Å². The first-order valence-electron chi connectivity index (χ1n) is 3.80. The van der Waals surface area contributed by atoms with Crippen molar-refractivity contribution >= 4 is 9.84 Å². The van der Waals surface area contributed by atoms with Gasteiger partial charge >= 0.3 is 0 Å². The summed E-state index contributed by atoms with van der Waals surface area (Å²) in [6.07, 6.45) is 1.46. The number of aromatic nitrogens is 1. The Bertz CT molecular complexity index is 395. The largest absolute Gasteiger partial charge is 0.245 e. The van der Waals surface area contributed by atoms with Gasteiger partial charge in [0.05, 0.1) is 5.75 Å². The van der Waals surface area contributed by atoms with E-state index >= 15 is 0 Å². The van der Waals surface area contributed by atoms with Crippen molar-refractivity contribution in [2.75, 3.05) is 5.75 Å². The van der Waals surface area contributed by atoms with Crippen LogP contribution in [0.5, 0.6) is 0 Å². The molecule has 13 heavy (non-hydrogen) atoms. The van der Waals surface area contributed by atoms with E-state index in [-0.39, 0.29) is 10.8 Å². The predicted molar refractivity (Wildman–Crippen MR) is 51.1 cm³/mol. The Labute approximate surface area is 78.0 Å². The van der Waals surface area contributed by atoms with Gasteiger partial charge in [-0.15, -0.1) is 0 Å². The molecule has 0 aliphatic heterocycles. The molecule has 4 heteroatoms. The van der Waals surface area contributed by atoms with Crippen LogP contribution in [0.25, 0.3) is 0 Å². The summed E-state index contributed by atoms with van der Waals surface area (Å²) < 4.78 is 23.0. The van der Waals surface area contributed by atoms with Crippen molar-refractivity contribution in [1.82, 2.24) is 4.98 Å². The Morgan fingerprint density at radius 1 is 1.54 bits per heavy atom. The molecule has 1 aromatic rings. The molecule has 0 bridgehead atoms. The average molecular weight is 197 g/mol. The summed E-state index contributed by atoms with van der Waals surface area (Å²) in [6.45, 7) is 5.24. The molecule has 3 nitrogen and oxygen atoms in total. The zero-order chi connectivity index (χ0) is 9.90. The van der Waals surface area contributed by atoms with Gasteiger partial charge in [-0.3, -0.25) is 0 Å². The fourth-order valence-corrected chi connectivity index (χ4v) is 2.23. The fourth-order valence-electron chi connectivity index (χ4n) is 0.929. The lowest BCUT2D eigenvalue weighted by molar-refractivity contribution is 0.594. The van der Waals surface area contributed by atoms with Crippen molar-refractivity contribution in [2.24, 2.45) is 0 Å². The lowest BCUT2D eigenvalue weighted by Gasteiger charge is -2.01. The van der Waals surface area contributed by atoms with E-state index in [9.17, 15) is 8.42 Å². The summed E-state index contributed by atoms with van der Waals surface area (Å²) >= 11 is 0. The molecule has 0 radical (unpaired) electrons. The third-order valence-electron chi connectivity index (χ3n) is 1.39. The summed E-state index contributed by atoms with van der Waals surface area (Å²) in [6, 6.07) is 4.82. The van der Waals surface area contributed by atoms with Crippen molar-refractivity contribution in [3.63, 3.8) is 0 Å². The lowest BCUT2D eigenvalue weighted by atomic mass is 10.4. The van der Waals surface area contributed by atoms with Crippen molar-refractivity contribution in [3.05, 3.63) is 36.5 Å². The van der Waals surface area contributed by atoms with Crippen LogP contribution in [0.1, 0.15) is 6.92 Å². The third kappa shape index (κ3) is 2.66. The Balaban J connectivity index is 3.02. The Kier molecular flexibility index (Phi) is 2.83. The summed E-state index contributed by atoms with van der Waals surface area (Å²) in [4.78, 5) is 3.77. The smallest absolute Gasteiger partial charge is 0.199 e. The number of sulfone groups is 1. The van der Waals surface area contributed by atoms with Crippen molar-refractivity contribution in [1.29, 1.82) is 0 Å². The van der Waals surface area contributed by atoms with Crippen LogP contribution in [-0.2, 0) is 9.84 Å². The molecule has 0 saturated heterocycles. The highest BCUT2D eigenvalue weighted by atomic mass is 32.2. The van der Waals surface area contributed by atoms with Crippen LogP contribution in [0.4, 0.5) is 0 Å². The highest BCUT2D eigenvalue weighted by molar-refractivity contribution is 7.91. The standard InChI is InChI=1S/C9H11NO2S/c1-8(2)7-13(11,12)9-5-3-4-6-10-9/h3-6H,1,7H2,2H3. The van der Waals surface area contributed by atoms with Crippen LogP contribution in [0.2, 0.25) is 0 Å². The highest BCUT2D eigenvalue weighted by Gasteiger charge is 2.14. The molecule has 0 unspecified atom stereocenters. The van der Waals surface area contributed by atoms with Crippen LogP contribution in [0, 0.1) is 0 Å². The predicted octanol–water partition coefficient (Wildman–Crippen LogP) is 1.43. The van der Waals surface area contributed by atoms with Gasteiger partial charge in [0.2, 0.25) is 0 Å². The summed E-state index contributed by atoms with van der Waals surface area (Å²) in [5.41, 5.74) is 0.616. The minimum Gasteiger partial charge on any atom is -0.245 e. The van der Waals surface area contributed by atoms with Gasteiger partial charge in [-0.2, -0.15) is 0 Å². The molecule has 0 aliphatic rings. The quantitative estimate of drug-likeness (QED) is 0.689. The van der Waals surface area contributed by atoms with E-state index in [1.807, 2.05) is 0 Å². The van der Waals surface area contributed by atoms with Gasteiger partial charge in [-0.05, 0) is 19.1 Å². The molecule has 0 saturated carbocycles. The Hall–Kier alpha value is -1.16. The third-order valence-corrected chi connectivity index (χ3v) is 3.14. The Morgan fingerprint density at radius 2 is 2.23 bits per heavy atom. The maximum Gasteiger partial charge on any atom is 0.199 e. The fraction of sp³-hybridized carbons (Fsp3) is 0.222. The molecule has 0 spiro atoms. The van der Waals surface area contributed by atoms with E-state index in [0.29, 0.717) is 5.57 Å². The Morgan fingerprint density at radius 3 is 2.69 bits per heavy atom. The van der Waals surface area contributed by atoms with E-state index in [1.54, 1.807) is 19.1 Å². The number of hydrogen-bond donors (Lipinski definition) is 0. The minimum absolute atomic E-state index is 0.0377. The monoisotopic (exact) mass is 197 g/mol. The molecule has 1 heterocycles. The van der Waals surface area contributed by atoms with Gasteiger partial charge in [0, 0.05) is 6.20 Å². The molecular weight excluding hydrogens is 186 g/mol. The van der Waals surface area contributed by atoms with Crippen molar-refractivity contribution in [3.8, 4) is 0 Å². The zero-order valence-corrected chi connectivity index (χ0v) is 8.21. The first-order valence-corrected chi connectivity index (χ1v) is 5.46. The SMILES string of the molecule is C=C(C)CS(=O)(=O)c1ccccn1. The van der Waals surface area contributed by atoms with Crippen LogP contribution in [0.15, 0.2) is 41.6 Å². The van der Waals surface area contributed by atoms with Crippen molar-refractivity contribution in [2.45, 2.75) is 11.9 Å². The van der Waals surface area contributed by atoms with Gasteiger partial charge in [-0.25, -0.2) is 13.4 Å². The van der Waals surface area contributed by atoms with E-state index in [0.717, 1.165) is 0 Å². The van der Waals surface area contributed by atoms with Gasteiger partial charge in [0.25, 0.3) is 0 Å². The zero-order valence-electron chi connectivity index (χ0n) is 7.40. The van der Waals surface area contributed by atoms with Gasteiger partial charge < -0.3 is 0 Å². The van der Waals surface area contributed by atoms with E-state index in [4.69, 9.17) is 0 Å². The molecule has 0 fully saturated rings. The molecule has 0 amide bonds. The molecule has 0 N–H and O–H groups in total. The van der Waals surface area contributed by atoms with Crippen LogP contribution >= 0.6 is 0 Å². The first kappa shape index (κ1) is 9.92. The van der Waals surface area contributed by atoms with Crippen LogP contribution < -0.4 is 0 Å². The molecule has 1 rings (SSSR count). The normalized spacial score (nSPS) is 11.2. The lowest BCUT2D eigenvalue weighted by Crippen LogP contribution is -2.08. The maximum absolute atomic E-state index is 11.5. The molecule has 0 aromatic carbocycles. The van der Waals surface area contributed by atoms with Gasteiger partial charge in [-0.1, -0.05) is 18.2 Å². The second-order valence-corrected chi connectivity index (χ2v) is 4.82. The van der Waals surface area contributed by atoms with E-state index in [2.05, 4.69) is 11.6 Å². The van der Waals surface area contributed by atoms with E-state index in [1.165, 1.54) is 12.3 Å². The highest BCUT2D eigenvalue weighted by Crippen LogP contribution is 2.08. The van der Waals surface area contributed by atoms with Crippen LogP contribution in [0.3, 0.4) is 0 Å². The topological polar surface area (TPSA) is 47.0 Å². The average Bonchev–Trinajstić information content (AvgIpc) is 2.04. The minimum atomic E-state index is -3.27. The molecule has 1 aromatic heterocycles. The molecule has 0 aliphatic carbocycles. The van der Waals surface area contributed by atoms with Crippen molar-refractivity contribution < 1.29 is 8.42 Å². The number of nitrogens with zero attached hydrogens (tertiary/aromatic N) is 1. The van der Waals surface area contributed by atoms with Gasteiger partial charge in [0.15, 0.2) is 14.9 Å². The number of hydrogen-bond acceptors (Lipinski definition) is 3. The maximum atomic E-state index is 11.5. The second-order valence-electron chi connectivity index (χ2n) is 2.88. The summed E-state index contributed by atoms with van der Waals surface area (Å²) in [5, 5.41) is 0.109. The second kappa shape index (κ2) is 3.70. The number of pyridine rings is 1. The number of rotatable bonds is 3. The molecule has 70 valence electrons.